The van der Waals surface area contributed by atoms with Crippen LogP contribution in [0.1, 0.15) is 27.6 Å². The molecule has 5 aromatic rings. The van der Waals surface area contributed by atoms with E-state index in [2.05, 4.69) is 4.98 Å². The first-order valence-electron chi connectivity index (χ1n) is 11.9. The Balaban J connectivity index is 1.74. The monoisotopic (exact) mass is 544 g/mol. The molecule has 3 aromatic carbocycles. The van der Waals surface area contributed by atoms with E-state index in [0.717, 1.165) is 24.3 Å². The Morgan fingerprint density at radius 2 is 1.64 bits per heavy atom. The van der Waals surface area contributed by atoms with E-state index < -0.39 is 27.7 Å². The van der Waals surface area contributed by atoms with Gasteiger partial charge in [-0.3, -0.25) is 9.78 Å². The number of nitrogens with zero attached hydrogens (tertiary/aromatic N) is 2. The molecule has 0 radical (unpaired) electrons. The number of ether oxygens (including phenoxy) is 1. The second-order valence-corrected chi connectivity index (χ2v) is 10.1. The molecule has 0 fully saturated rings. The summed E-state index contributed by atoms with van der Waals surface area (Å²) in [4.78, 5) is 30.3. The number of anilines is 1. The molecule has 196 valence electrons. The summed E-state index contributed by atoms with van der Waals surface area (Å²) < 4.78 is 53.1. The predicted octanol–water partition coefficient (Wildman–Crippen LogP) is 5.85. The lowest BCUT2D eigenvalue weighted by molar-refractivity contribution is 0.0528. The minimum atomic E-state index is -4.53. The summed E-state index contributed by atoms with van der Waals surface area (Å²) in [7, 11) is -4.53. The molecular weight excluding hydrogens is 523 g/mol. The summed E-state index contributed by atoms with van der Waals surface area (Å²) in [6.45, 7) is 1.77. The molecule has 5 rings (SSSR count). The van der Waals surface area contributed by atoms with Gasteiger partial charge in [0.25, 0.3) is 15.9 Å². The minimum absolute atomic E-state index is 0.0542. The molecule has 0 N–H and O–H groups in total. The van der Waals surface area contributed by atoms with Gasteiger partial charge in [0.05, 0.1) is 17.2 Å². The van der Waals surface area contributed by atoms with Crippen LogP contribution in [-0.2, 0) is 14.8 Å². The number of hydrogen-bond donors (Lipinski definition) is 0. The van der Waals surface area contributed by atoms with Gasteiger partial charge >= 0.3 is 5.97 Å². The van der Waals surface area contributed by atoms with Crippen LogP contribution in [0.3, 0.4) is 0 Å². The smallest absolute Gasteiger partial charge is 0.342 e. The molecule has 2 aromatic heterocycles. The van der Waals surface area contributed by atoms with Crippen molar-refractivity contribution < 1.29 is 31.6 Å². The van der Waals surface area contributed by atoms with E-state index in [9.17, 15) is 22.4 Å². The lowest BCUT2D eigenvalue weighted by Gasteiger charge is -2.23. The van der Waals surface area contributed by atoms with E-state index in [0.29, 0.717) is 9.87 Å². The normalized spacial score (nSPS) is 11.3. The van der Waals surface area contributed by atoms with Gasteiger partial charge in [0, 0.05) is 28.9 Å². The van der Waals surface area contributed by atoms with Crippen LogP contribution in [0.25, 0.3) is 22.3 Å². The lowest BCUT2D eigenvalue weighted by atomic mass is 10.1. The van der Waals surface area contributed by atoms with Crippen LogP contribution in [0.15, 0.2) is 107 Å². The molecule has 1 amide bonds. The van der Waals surface area contributed by atoms with Crippen molar-refractivity contribution in [2.24, 2.45) is 0 Å². The van der Waals surface area contributed by atoms with Crippen LogP contribution >= 0.6 is 0 Å². The van der Waals surface area contributed by atoms with Crippen molar-refractivity contribution in [3.63, 3.8) is 0 Å². The topological polar surface area (TPSA) is 107 Å². The lowest BCUT2D eigenvalue weighted by Crippen LogP contribution is -2.37. The quantitative estimate of drug-likeness (QED) is 0.237. The molecule has 0 saturated heterocycles. The fourth-order valence-corrected chi connectivity index (χ4v) is 5.51. The molecule has 0 bridgehead atoms. The van der Waals surface area contributed by atoms with E-state index in [-0.39, 0.29) is 45.0 Å². The van der Waals surface area contributed by atoms with Crippen molar-refractivity contribution >= 4 is 38.6 Å². The number of hydrogen-bond acceptors (Lipinski definition) is 7. The number of sulfonamides is 1. The van der Waals surface area contributed by atoms with Gasteiger partial charge in [0.1, 0.15) is 22.7 Å². The van der Waals surface area contributed by atoms with Crippen molar-refractivity contribution in [3.8, 4) is 11.3 Å². The highest BCUT2D eigenvalue weighted by Gasteiger charge is 2.33. The van der Waals surface area contributed by atoms with Crippen molar-refractivity contribution in [1.29, 1.82) is 0 Å². The van der Waals surface area contributed by atoms with E-state index in [1.165, 1.54) is 42.7 Å². The Morgan fingerprint density at radius 3 is 2.31 bits per heavy atom. The van der Waals surface area contributed by atoms with Gasteiger partial charge in [0.2, 0.25) is 0 Å². The van der Waals surface area contributed by atoms with Crippen molar-refractivity contribution in [2.45, 2.75) is 11.8 Å². The third kappa shape index (κ3) is 4.89. The number of fused-ring (bicyclic) bond motifs is 1. The maximum atomic E-state index is 13.8. The van der Waals surface area contributed by atoms with Gasteiger partial charge in [-0.15, -0.1) is 0 Å². The largest absolute Gasteiger partial charge is 0.462 e. The standard InChI is InChI=1S/C29H21FN2O6S/c1-2-37-29(34)26-24-18-22(10-13-25(24)38-27(26)19-6-4-3-5-7-19)32(28(33)20-14-16-31-17-15-20)39(35,36)23-11-8-21(30)9-12-23/h3-18H,2H2,1H3. The third-order valence-electron chi connectivity index (χ3n) is 5.89. The van der Waals surface area contributed by atoms with Crippen LogP contribution in [0.4, 0.5) is 10.1 Å². The summed E-state index contributed by atoms with van der Waals surface area (Å²) in [6, 6.07) is 20.1. The number of rotatable bonds is 7. The Hall–Kier alpha value is -4.83. The Kier molecular flexibility index (Phi) is 6.95. The highest BCUT2D eigenvalue weighted by atomic mass is 32.2. The number of furan rings is 1. The number of amides is 1. The van der Waals surface area contributed by atoms with Gasteiger partial charge in [-0.25, -0.2) is 17.6 Å². The molecule has 0 atom stereocenters. The fourth-order valence-electron chi connectivity index (χ4n) is 4.10. The molecule has 8 nitrogen and oxygen atoms in total. The van der Waals surface area contributed by atoms with E-state index in [1.54, 1.807) is 31.2 Å². The molecule has 10 heteroatoms. The molecule has 0 saturated carbocycles. The van der Waals surface area contributed by atoms with Gasteiger partial charge in [0.15, 0.2) is 0 Å². The van der Waals surface area contributed by atoms with Crippen LogP contribution in [0.2, 0.25) is 0 Å². The van der Waals surface area contributed by atoms with Gasteiger partial charge in [-0.05, 0) is 61.5 Å². The summed E-state index contributed by atoms with van der Waals surface area (Å²) in [5, 5.41) is 0.256. The zero-order valence-electron chi connectivity index (χ0n) is 20.6. The molecular formula is C29H21FN2O6S. The summed E-state index contributed by atoms with van der Waals surface area (Å²) in [5.41, 5.74) is 0.992. The zero-order valence-corrected chi connectivity index (χ0v) is 21.4. The zero-order chi connectivity index (χ0) is 27.6. The maximum absolute atomic E-state index is 13.8. The SMILES string of the molecule is CCOC(=O)c1c(-c2ccccc2)oc2ccc(N(C(=O)c3ccncc3)S(=O)(=O)c3ccc(F)cc3)cc12. The predicted molar refractivity (Wildman–Crippen MR) is 142 cm³/mol. The van der Waals surface area contributed by atoms with E-state index >= 15 is 0 Å². The number of carbonyl (C=O) groups is 2. The maximum Gasteiger partial charge on any atom is 0.342 e. The molecule has 0 spiro atoms. The molecule has 39 heavy (non-hydrogen) atoms. The van der Waals surface area contributed by atoms with Crippen molar-refractivity contribution in [1.82, 2.24) is 4.98 Å². The van der Waals surface area contributed by atoms with Crippen LogP contribution < -0.4 is 4.31 Å². The second kappa shape index (κ2) is 10.5. The molecule has 0 unspecified atom stereocenters. The third-order valence-corrected chi connectivity index (χ3v) is 7.61. The minimum Gasteiger partial charge on any atom is -0.462 e. The molecule has 0 aliphatic rings. The Bertz CT molecular complexity index is 1770. The number of aromatic nitrogens is 1. The van der Waals surface area contributed by atoms with E-state index in [4.69, 9.17) is 9.15 Å². The van der Waals surface area contributed by atoms with Crippen molar-refractivity contribution in [2.75, 3.05) is 10.9 Å². The van der Waals surface area contributed by atoms with Gasteiger partial charge < -0.3 is 9.15 Å². The number of carbonyl (C=O) groups excluding carboxylic acids is 2. The molecule has 0 aliphatic heterocycles. The Morgan fingerprint density at radius 1 is 0.949 bits per heavy atom. The summed E-state index contributed by atoms with van der Waals surface area (Å²) in [6.07, 6.45) is 2.72. The summed E-state index contributed by atoms with van der Waals surface area (Å²) in [5.74, 6) is -1.92. The second-order valence-electron chi connectivity index (χ2n) is 8.34. The summed E-state index contributed by atoms with van der Waals surface area (Å²) >= 11 is 0. The Labute approximate surface area is 223 Å². The average molecular weight is 545 g/mol. The number of halogens is 1. The average Bonchev–Trinajstić information content (AvgIpc) is 3.33. The highest BCUT2D eigenvalue weighted by molar-refractivity contribution is 7.93. The molecule has 0 aliphatic carbocycles. The van der Waals surface area contributed by atoms with Gasteiger partial charge in [-0.2, -0.15) is 4.31 Å². The number of pyridine rings is 1. The van der Waals surface area contributed by atoms with Crippen LogP contribution in [0, 0.1) is 5.82 Å². The van der Waals surface area contributed by atoms with Crippen LogP contribution in [0.5, 0.6) is 0 Å². The number of benzene rings is 3. The highest BCUT2D eigenvalue weighted by Crippen LogP contribution is 2.37. The first-order chi connectivity index (χ1) is 18.8. The molecule has 2 heterocycles. The van der Waals surface area contributed by atoms with E-state index in [1.807, 2.05) is 6.07 Å². The van der Waals surface area contributed by atoms with Crippen LogP contribution in [-0.4, -0.2) is 31.9 Å². The van der Waals surface area contributed by atoms with Gasteiger partial charge in [-0.1, -0.05) is 30.3 Å². The first kappa shape index (κ1) is 25.8. The fraction of sp³-hybridized carbons (Fsp3) is 0.0690. The number of esters is 1. The first-order valence-corrected chi connectivity index (χ1v) is 13.3. The van der Waals surface area contributed by atoms with Crippen molar-refractivity contribution in [3.05, 3.63) is 114 Å².